The maximum absolute atomic E-state index is 10.5. The second-order valence-electron chi connectivity index (χ2n) is 4.74. The van der Waals surface area contributed by atoms with Crippen LogP contribution >= 0.6 is 0 Å². The van der Waals surface area contributed by atoms with Gasteiger partial charge in [0.15, 0.2) is 0 Å². The molecule has 0 spiro atoms. The summed E-state index contributed by atoms with van der Waals surface area (Å²) in [6, 6.07) is 0. The highest BCUT2D eigenvalue weighted by molar-refractivity contribution is 4.90. The molecule has 0 bridgehead atoms. The van der Waals surface area contributed by atoms with Crippen LogP contribution in [0.15, 0.2) is 0 Å². The monoisotopic (exact) mass is 216 g/mol. The van der Waals surface area contributed by atoms with Crippen LogP contribution in [0.4, 0.5) is 0 Å². The molecule has 1 rings (SSSR count). The SMILES string of the molecule is COCCC(C)C1(O)CCCC(OC)C1. The minimum atomic E-state index is -0.544. The first-order valence-electron chi connectivity index (χ1n) is 5.86. The molecule has 1 saturated carbocycles. The minimum absolute atomic E-state index is 0.230. The Balaban J connectivity index is 2.48. The predicted octanol–water partition coefficient (Wildman–Crippen LogP) is 1.98. The number of hydrogen-bond acceptors (Lipinski definition) is 3. The molecule has 1 fully saturated rings. The summed E-state index contributed by atoms with van der Waals surface area (Å²) in [5.74, 6) is 0.287. The minimum Gasteiger partial charge on any atom is -0.390 e. The Kier molecular flexibility index (Phi) is 5.03. The summed E-state index contributed by atoms with van der Waals surface area (Å²) in [6.45, 7) is 2.83. The molecule has 1 N–H and O–H groups in total. The quantitative estimate of drug-likeness (QED) is 0.763. The fourth-order valence-corrected chi connectivity index (χ4v) is 2.45. The molecule has 3 heteroatoms. The first-order valence-corrected chi connectivity index (χ1v) is 5.86. The van der Waals surface area contributed by atoms with Crippen molar-refractivity contribution < 1.29 is 14.6 Å². The van der Waals surface area contributed by atoms with E-state index in [1.54, 1.807) is 14.2 Å². The van der Waals surface area contributed by atoms with Crippen molar-refractivity contribution in [3.8, 4) is 0 Å². The Labute approximate surface area is 92.8 Å². The molecule has 0 aromatic rings. The van der Waals surface area contributed by atoms with Crippen LogP contribution in [-0.2, 0) is 9.47 Å². The van der Waals surface area contributed by atoms with Gasteiger partial charge in [0.25, 0.3) is 0 Å². The van der Waals surface area contributed by atoms with E-state index in [-0.39, 0.29) is 12.0 Å². The zero-order valence-corrected chi connectivity index (χ0v) is 10.2. The van der Waals surface area contributed by atoms with Crippen molar-refractivity contribution in [1.29, 1.82) is 0 Å². The largest absolute Gasteiger partial charge is 0.390 e. The summed E-state index contributed by atoms with van der Waals surface area (Å²) in [6.07, 6.45) is 4.96. The zero-order valence-electron chi connectivity index (χ0n) is 10.2. The van der Waals surface area contributed by atoms with Crippen LogP contribution in [0.25, 0.3) is 0 Å². The number of ether oxygens (including phenoxy) is 2. The summed E-state index contributed by atoms with van der Waals surface area (Å²) >= 11 is 0. The van der Waals surface area contributed by atoms with Gasteiger partial charge in [-0.2, -0.15) is 0 Å². The lowest BCUT2D eigenvalue weighted by molar-refractivity contribution is -0.0948. The van der Waals surface area contributed by atoms with Crippen LogP contribution < -0.4 is 0 Å². The molecule has 0 amide bonds. The standard InChI is InChI=1S/C12H24O3/c1-10(6-8-14-2)12(13)7-4-5-11(9-12)15-3/h10-11,13H,4-9H2,1-3H3. The van der Waals surface area contributed by atoms with E-state index in [4.69, 9.17) is 9.47 Å². The van der Waals surface area contributed by atoms with Gasteiger partial charge in [0, 0.05) is 27.2 Å². The van der Waals surface area contributed by atoms with E-state index in [1.807, 2.05) is 0 Å². The molecule has 0 aliphatic heterocycles. The molecule has 1 aliphatic rings. The Bertz CT molecular complexity index is 184. The lowest BCUT2D eigenvalue weighted by Crippen LogP contribution is -2.43. The van der Waals surface area contributed by atoms with Gasteiger partial charge < -0.3 is 14.6 Å². The van der Waals surface area contributed by atoms with Crippen LogP contribution in [0.2, 0.25) is 0 Å². The number of rotatable bonds is 5. The van der Waals surface area contributed by atoms with E-state index in [1.165, 1.54) is 0 Å². The maximum atomic E-state index is 10.5. The normalized spacial score (nSPS) is 34.0. The topological polar surface area (TPSA) is 38.7 Å². The summed E-state index contributed by atoms with van der Waals surface area (Å²) in [5, 5.41) is 10.5. The lowest BCUT2D eigenvalue weighted by Gasteiger charge is -2.40. The highest BCUT2D eigenvalue weighted by atomic mass is 16.5. The van der Waals surface area contributed by atoms with E-state index < -0.39 is 5.60 Å². The van der Waals surface area contributed by atoms with Crippen molar-refractivity contribution in [3.63, 3.8) is 0 Å². The van der Waals surface area contributed by atoms with Crippen LogP contribution in [0.5, 0.6) is 0 Å². The van der Waals surface area contributed by atoms with E-state index >= 15 is 0 Å². The van der Waals surface area contributed by atoms with E-state index in [0.29, 0.717) is 0 Å². The van der Waals surface area contributed by atoms with Gasteiger partial charge in [-0.05, 0) is 31.6 Å². The molecule has 3 atom stereocenters. The fraction of sp³-hybridized carbons (Fsp3) is 1.00. The highest BCUT2D eigenvalue weighted by Gasteiger charge is 2.38. The lowest BCUT2D eigenvalue weighted by atomic mass is 9.74. The van der Waals surface area contributed by atoms with Crippen molar-refractivity contribution in [2.45, 2.75) is 50.7 Å². The summed E-state index contributed by atoms with van der Waals surface area (Å²) < 4.78 is 10.4. The van der Waals surface area contributed by atoms with Gasteiger partial charge in [0.05, 0.1) is 11.7 Å². The van der Waals surface area contributed by atoms with Crippen molar-refractivity contribution in [1.82, 2.24) is 0 Å². The Morgan fingerprint density at radius 3 is 2.80 bits per heavy atom. The van der Waals surface area contributed by atoms with E-state index in [2.05, 4.69) is 6.92 Å². The molecule has 3 unspecified atom stereocenters. The second-order valence-corrected chi connectivity index (χ2v) is 4.74. The summed E-state index contributed by atoms with van der Waals surface area (Å²) in [7, 11) is 3.44. The molecule has 0 saturated heterocycles. The molecule has 0 aromatic carbocycles. The van der Waals surface area contributed by atoms with Gasteiger partial charge in [0.2, 0.25) is 0 Å². The number of hydrogen-bond donors (Lipinski definition) is 1. The molecule has 3 nitrogen and oxygen atoms in total. The van der Waals surface area contributed by atoms with Crippen molar-refractivity contribution in [2.24, 2.45) is 5.92 Å². The Morgan fingerprint density at radius 1 is 1.47 bits per heavy atom. The third kappa shape index (κ3) is 3.44. The number of methoxy groups -OCH3 is 2. The van der Waals surface area contributed by atoms with Gasteiger partial charge >= 0.3 is 0 Å². The fourth-order valence-electron chi connectivity index (χ4n) is 2.45. The predicted molar refractivity (Wildman–Crippen MR) is 59.9 cm³/mol. The Hall–Kier alpha value is -0.120. The third-order valence-electron chi connectivity index (χ3n) is 3.72. The summed E-state index contributed by atoms with van der Waals surface area (Å²) in [4.78, 5) is 0. The summed E-state index contributed by atoms with van der Waals surface area (Å²) in [5.41, 5.74) is -0.544. The van der Waals surface area contributed by atoms with Crippen LogP contribution in [0, 0.1) is 5.92 Å². The smallest absolute Gasteiger partial charge is 0.0698 e. The molecular formula is C12H24O3. The van der Waals surface area contributed by atoms with Gasteiger partial charge in [0.1, 0.15) is 0 Å². The first kappa shape index (κ1) is 12.9. The molecule has 90 valence electrons. The molecule has 15 heavy (non-hydrogen) atoms. The van der Waals surface area contributed by atoms with E-state index in [9.17, 15) is 5.11 Å². The molecule has 0 aromatic heterocycles. The van der Waals surface area contributed by atoms with Gasteiger partial charge in [-0.1, -0.05) is 6.92 Å². The molecule has 0 heterocycles. The zero-order chi connectivity index (χ0) is 11.3. The maximum Gasteiger partial charge on any atom is 0.0698 e. The van der Waals surface area contributed by atoms with Crippen molar-refractivity contribution in [3.05, 3.63) is 0 Å². The average Bonchev–Trinajstić information content (AvgIpc) is 2.25. The Morgan fingerprint density at radius 2 is 2.20 bits per heavy atom. The van der Waals surface area contributed by atoms with Crippen LogP contribution in [0.3, 0.4) is 0 Å². The first-order chi connectivity index (χ1) is 7.12. The van der Waals surface area contributed by atoms with Gasteiger partial charge in [-0.3, -0.25) is 0 Å². The average molecular weight is 216 g/mol. The molecule has 0 radical (unpaired) electrons. The molecule has 1 aliphatic carbocycles. The van der Waals surface area contributed by atoms with Crippen molar-refractivity contribution in [2.75, 3.05) is 20.8 Å². The third-order valence-corrected chi connectivity index (χ3v) is 3.72. The van der Waals surface area contributed by atoms with Gasteiger partial charge in [-0.25, -0.2) is 0 Å². The van der Waals surface area contributed by atoms with Gasteiger partial charge in [-0.15, -0.1) is 0 Å². The van der Waals surface area contributed by atoms with Crippen LogP contribution in [0.1, 0.15) is 39.0 Å². The van der Waals surface area contributed by atoms with E-state index in [0.717, 1.165) is 38.7 Å². The number of aliphatic hydroxyl groups is 1. The molecular weight excluding hydrogens is 192 g/mol. The highest BCUT2D eigenvalue weighted by Crippen LogP contribution is 2.36. The van der Waals surface area contributed by atoms with Crippen molar-refractivity contribution >= 4 is 0 Å². The van der Waals surface area contributed by atoms with Crippen LogP contribution in [-0.4, -0.2) is 37.6 Å². The second kappa shape index (κ2) is 5.83.